The second-order valence-corrected chi connectivity index (χ2v) is 7.28. The number of nitrogens with zero attached hydrogens (tertiary/aromatic N) is 1. The molecule has 1 aromatic heterocycles. The van der Waals surface area contributed by atoms with Crippen molar-refractivity contribution in [2.45, 2.75) is 44.7 Å². The molecule has 1 N–H and O–H groups in total. The van der Waals surface area contributed by atoms with Crippen LogP contribution < -0.4 is 5.32 Å². The van der Waals surface area contributed by atoms with Crippen LogP contribution in [0.5, 0.6) is 0 Å². The SMILES string of the molecule is CC(C)(C)OC(=O)NC(c1ncc(Cl)cc1CCl)C1CCOC1. The number of rotatable bonds is 4. The first-order valence-corrected chi connectivity index (χ1v) is 8.49. The van der Waals surface area contributed by atoms with Gasteiger partial charge in [-0.25, -0.2) is 4.79 Å². The number of aromatic nitrogens is 1. The first-order valence-electron chi connectivity index (χ1n) is 7.57. The summed E-state index contributed by atoms with van der Waals surface area (Å²) in [5, 5.41) is 3.44. The Morgan fingerprint density at radius 2 is 2.30 bits per heavy atom. The number of carbonyl (C=O) groups excluding carboxylic acids is 1. The van der Waals surface area contributed by atoms with Gasteiger partial charge in [0.25, 0.3) is 0 Å². The molecule has 2 unspecified atom stereocenters. The van der Waals surface area contributed by atoms with E-state index in [0.29, 0.717) is 23.9 Å². The summed E-state index contributed by atoms with van der Waals surface area (Å²) in [4.78, 5) is 16.6. The second-order valence-electron chi connectivity index (χ2n) is 6.58. The molecule has 1 aliphatic rings. The molecule has 5 nitrogen and oxygen atoms in total. The zero-order valence-corrected chi connectivity index (χ0v) is 15.1. The summed E-state index contributed by atoms with van der Waals surface area (Å²) in [6, 6.07) is 1.45. The third-order valence-electron chi connectivity index (χ3n) is 3.52. The van der Waals surface area contributed by atoms with Crippen LogP contribution in [0.25, 0.3) is 0 Å². The van der Waals surface area contributed by atoms with Crippen LogP contribution in [0.4, 0.5) is 4.79 Å². The highest BCUT2D eigenvalue weighted by Crippen LogP contribution is 2.31. The molecular weight excluding hydrogens is 339 g/mol. The zero-order chi connectivity index (χ0) is 17.0. The highest BCUT2D eigenvalue weighted by molar-refractivity contribution is 6.30. The molecule has 128 valence electrons. The smallest absolute Gasteiger partial charge is 0.408 e. The second kappa shape index (κ2) is 7.69. The minimum Gasteiger partial charge on any atom is -0.444 e. The molecule has 0 radical (unpaired) electrons. The molecule has 1 amide bonds. The molecule has 0 saturated carbocycles. The molecular formula is C16H22Cl2N2O3. The van der Waals surface area contributed by atoms with E-state index in [2.05, 4.69) is 10.3 Å². The van der Waals surface area contributed by atoms with E-state index in [9.17, 15) is 4.79 Å². The molecule has 0 aliphatic carbocycles. The number of ether oxygens (including phenoxy) is 2. The van der Waals surface area contributed by atoms with Gasteiger partial charge in [-0.1, -0.05) is 11.6 Å². The summed E-state index contributed by atoms with van der Waals surface area (Å²) in [6.07, 6.45) is 1.92. The van der Waals surface area contributed by atoms with Crippen LogP contribution in [0.3, 0.4) is 0 Å². The van der Waals surface area contributed by atoms with Crippen LogP contribution in [-0.2, 0) is 15.4 Å². The van der Waals surface area contributed by atoms with Gasteiger partial charge >= 0.3 is 6.09 Å². The van der Waals surface area contributed by atoms with Crippen LogP contribution in [0.15, 0.2) is 12.3 Å². The summed E-state index contributed by atoms with van der Waals surface area (Å²) in [6.45, 7) is 6.70. The Morgan fingerprint density at radius 3 is 2.87 bits per heavy atom. The maximum absolute atomic E-state index is 12.2. The number of pyridine rings is 1. The molecule has 2 atom stereocenters. The number of carbonyl (C=O) groups is 1. The quantitative estimate of drug-likeness (QED) is 0.821. The van der Waals surface area contributed by atoms with E-state index in [1.54, 1.807) is 12.3 Å². The molecule has 2 rings (SSSR count). The fraction of sp³-hybridized carbons (Fsp3) is 0.625. The number of nitrogens with one attached hydrogen (secondary N) is 1. The van der Waals surface area contributed by atoms with Crippen LogP contribution in [0.1, 0.15) is 44.5 Å². The van der Waals surface area contributed by atoms with Gasteiger partial charge in [-0.3, -0.25) is 4.98 Å². The summed E-state index contributed by atoms with van der Waals surface area (Å²) in [5.74, 6) is 0.390. The molecule has 0 aromatic carbocycles. The summed E-state index contributed by atoms with van der Waals surface area (Å²) < 4.78 is 10.8. The molecule has 1 saturated heterocycles. The van der Waals surface area contributed by atoms with Gasteiger partial charge in [-0.15, -0.1) is 11.6 Å². The van der Waals surface area contributed by atoms with Crippen LogP contribution in [0, 0.1) is 5.92 Å². The van der Waals surface area contributed by atoms with Gasteiger partial charge in [0.1, 0.15) is 5.60 Å². The molecule has 0 bridgehead atoms. The lowest BCUT2D eigenvalue weighted by Crippen LogP contribution is -2.38. The van der Waals surface area contributed by atoms with Gasteiger partial charge < -0.3 is 14.8 Å². The van der Waals surface area contributed by atoms with Crippen LogP contribution >= 0.6 is 23.2 Å². The maximum Gasteiger partial charge on any atom is 0.408 e. The summed E-state index contributed by atoms with van der Waals surface area (Å²) >= 11 is 12.0. The van der Waals surface area contributed by atoms with E-state index in [0.717, 1.165) is 12.0 Å². The lowest BCUT2D eigenvalue weighted by molar-refractivity contribution is 0.0479. The first kappa shape index (κ1) is 18.3. The van der Waals surface area contributed by atoms with Crippen molar-refractivity contribution in [2.75, 3.05) is 13.2 Å². The highest BCUT2D eigenvalue weighted by atomic mass is 35.5. The third kappa shape index (κ3) is 5.23. The van der Waals surface area contributed by atoms with Crippen LogP contribution in [0.2, 0.25) is 5.02 Å². The van der Waals surface area contributed by atoms with Crippen molar-refractivity contribution in [3.63, 3.8) is 0 Å². The molecule has 1 aliphatic heterocycles. The maximum atomic E-state index is 12.2. The zero-order valence-electron chi connectivity index (χ0n) is 13.6. The van der Waals surface area contributed by atoms with E-state index >= 15 is 0 Å². The molecule has 0 spiro atoms. The average molecular weight is 361 g/mol. The fourth-order valence-corrected chi connectivity index (χ4v) is 2.93. The number of halogens is 2. The number of hydrogen-bond acceptors (Lipinski definition) is 4. The van der Waals surface area contributed by atoms with Gasteiger partial charge in [0.15, 0.2) is 0 Å². The van der Waals surface area contributed by atoms with Crippen molar-refractivity contribution in [1.29, 1.82) is 0 Å². The monoisotopic (exact) mass is 360 g/mol. The molecule has 7 heteroatoms. The minimum atomic E-state index is -0.566. The topological polar surface area (TPSA) is 60.5 Å². The van der Waals surface area contributed by atoms with Crippen LogP contribution in [-0.4, -0.2) is 29.9 Å². The van der Waals surface area contributed by atoms with Crippen molar-refractivity contribution >= 4 is 29.3 Å². The fourth-order valence-electron chi connectivity index (χ4n) is 2.54. The molecule has 1 aromatic rings. The van der Waals surface area contributed by atoms with Gasteiger partial charge in [0, 0.05) is 24.6 Å². The first-order chi connectivity index (χ1) is 10.8. The largest absolute Gasteiger partial charge is 0.444 e. The van der Waals surface area contributed by atoms with Gasteiger partial charge in [0.05, 0.1) is 23.4 Å². The third-order valence-corrected chi connectivity index (χ3v) is 4.01. The Hall–Kier alpha value is -1.04. The molecule has 23 heavy (non-hydrogen) atoms. The van der Waals surface area contributed by atoms with Gasteiger partial charge in [-0.05, 0) is 38.8 Å². The number of alkyl halides is 1. The van der Waals surface area contributed by atoms with E-state index in [1.807, 2.05) is 20.8 Å². The Labute approximate surface area is 146 Å². The Morgan fingerprint density at radius 1 is 1.57 bits per heavy atom. The minimum absolute atomic E-state index is 0.123. The number of amides is 1. The predicted molar refractivity (Wildman–Crippen MR) is 89.8 cm³/mol. The van der Waals surface area contributed by atoms with E-state index in [-0.39, 0.29) is 17.8 Å². The normalized spacial score (nSPS) is 19.4. The van der Waals surface area contributed by atoms with E-state index < -0.39 is 11.7 Å². The van der Waals surface area contributed by atoms with Crippen molar-refractivity contribution < 1.29 is 14.3 Å². The Balaban J connectivity index is 2.26. The van der Waals surface area contributed by atoms with E-state index in [4.69, 9.17) is 32.7 Å². The Bertz CT molecular complexity index is 555. The van der Waals surface area contributed by atoms with Crippen molar-refractivity contribution in [1.82, 2.24) is 10.3 Å². The molecule has 1 fully saturated rings. The highest BCUT2D eigenvalue weighted by Gasteiger charge is 2.32. The summed E-state index contributed by atoms with van der Waals surface area (Å²) in [5.41, 5.74) is 0.946. The number of alkyl carbamates (subject to hydrolysis) is 1. The van der Waals surface area contributed by atoms with Crippen molar-refractivity contribution in [3.8, 4) is 0 Å². The van der Waals surface area contributed by atoms with Gasteiger partial charge in [-0.2, -0.15) is 0 Å². The Kier molecular flexibility index (Phi) is 6.12. The van der Waals surface area contributed by atoms with Gasteiger partial charge in [0.2, 0.25) is 0 Å². The van der Waals surface area contributed by atoms with Crippen molar-refractivity contribution in [2.24, 2.45) is 5.92 Å². The summed E-state index contributed by atoms with van der Waals surface area (Å²) in [7, 11) is 0. The van der Waals surface area contributed by atoms with Crippen molar-refractivity contribution in [3.05, 3.63) is 28.5 Å². The lowest BCUT2D eigenvalue weighted by atomic mass is 9.93. The number of hydrogen-bond donors (Lipinski definition) is 1. The molecule has 2 heterocycles. The standard InChI is InChI=1S/C16H22Cl2N2O3/c1-16(2,3)23-15(21)20-14(10-4-5-22-9-10)13-11(7-17)6-12(18)8-19-13/h6,8,10,14H,4-5,7,9H2,1-3H3,(H,20,21). The average Bonchev–Trinajstić information content (AvgIpc) is 2.97. The van der Waals surface area contributed by atoms with E-state index in [1.165, 1.54) is 0 Å². The lowest BCUT2D eigenvalue weighted by Gasteiger charge is -2.27. The predicted octanol–water partition coefficient (Wildman–Crippen LogP) is 4.08.